The number of carbonyl (C=O) groups excluding carboxylic acids is 3. The van der Waals surface area contributed by atoms with Gasteiger partial charge in [-0.15, -0.1) is 0 Å². The lowest BCUT2D eigenvalue weighted by Gasteiger charge is -2.31. The van der Waals surface area contributed by atoms with Gasteiger partial charge in [0.15, 0.2) is 0 Å². The van der Waals surface area contributed by atoms with Gasteiger partial charge in [-0.25, -0.2) is 4.79 Å². The highest BCUT2D eigenvalue weighted by atomic mass is 16.6. The summed E-state index contributed by atoms with van der Waals surface area (Å²) in [5.74, 6) is -2.14. The molecular formula is C27H37NO6. The van der Waals surface area contributed by atoms with Crippen LogP contribution < -0.4 is 5.32 Å². The number of carbonyl (C=O) groups is 4. The zero-order chi connectivity index (χ0) is 26.1. The van der Waals surface area contributed by atoms with Crippen LogP contribution in [0.15, 0.2) is 52.6 Å². The number of alkyl carbamates (subject to hydrolysis) is 1. The molecule has 0 aliphatic carbocycles. The molecule has 7 nitrogen and oxygen atoms in total. The molecule has 1 aromatic rings. The fourth-order valence-electron chi connectivity index (χ4n) is 3.81. The van der Waals surface area contributed by atoms with Gasteiger partial charge in [0.1, 0.15) is 18.2 Å². The van der Waals surface area contributed by atoms with Crippen LogP contribution >= 0.6 is 0 Å². The van der Waals surface area contributed by atoms with Crippen molar-refractivity contribution in [3.8, 4) is 0 Å². The number of benzene rings is 1. The van der Waals surface area contributed by atoms with Crippen molar-refractivity contribution >= 4 is 24.6 Å². The van der Waals surface area contributed by atoms with Crippen LogP contribution in [-0.2, 0) is 25.5 Å². The fraction of sp³-hybridized carbons (Fsp3) is 0.481. The van der Waals surface area contributed by atoms with E-state index in [9.17, 15) is 24.3 Å². The van der Waals surface area contributed by atoms with Crippen LogP contribution in [0.2, 0.25) is 0 Å². The average molecular weight is 472 g/mol. The minimum absolute atomic E-state index is 0.0876. The number of nitrogens with one attached hydrogen (secondary N) is 1. The number of aliphatic carboxylic acids is 1. The van der Waals surface area contributed by atoms with Crippen molar-refractivity contribution in [2.24, 2.45) is 11.8 Å². The Morgan fingerprint density at radius 2 is 1.53 bits per heavy atom. The molecule has 2 N–H and O–H groups in total. The molecule has 0 radical (unpaired) electrons. The number of amides is 1. The summed E-state index contributed by atoms with van der Waals surface area (Å²) in [6.07, 6.45) is 1.06. The number of carboxylic acid groups (broad SMARTS) is 1. The predicted octanol–water partition coefficient (Wildman–Crippen LogP) is 4.90. The third-order valence-corrected chi connectivity index (χ3v) is 5.17. The van der Waals surface area contributed by atoms with Crippen molar-refractivity contribution in [2.45, 2.75) is 73.0 Å². The summed E-state index contributed by atoms with van der Waals surface area (Å²) in [4.78, 5) is 49.0. The van der Waals surface area contributed by atoms with E-state index in [1.165, 1.54) is 6.92 Å². The van der Waals surface area contributed by atoms with Crippen LogP contribution in [0.4, 0.5) is 4.79 Å². The molecular weight excluding hydrogens is 434 g/mol. The van der Waals surface area contributed by atoms with Crippen molar-refractivity contribution in [3.05, 3.63) is 58.2 Å². The summed E-state index contributed by atoms with van der Waals surface area (Å²) in [6.45, 7) is 12.2. The van der Waals surface area contributed by atoms with Gasteiger partial charge in [0.2, 0.25) is 0 Å². The predicted molar refractivity (Wildman–Crippen MR) is 131 cm³/mol. The van der Waals surface area contributed by atoms with Gasteiger partial charge in [-0.05, 0) is 81.2 Å². The Balaban J connectivity index is 3.71. The Morgan fingerprint density at radius 1 is 1.00 bits per heavy atom. The lowest BCUT2D eigenvalue weighted by molar-refractivity contribution is -0.140. The van der Waals surface area contributed by atoms with Gasteiger partial charge >= 0.3 is 12.1 Å². The molecule has 1 aromatic carbocycles. The summed E-state index contributed by atoms with van der Waals surface area (Å²) in [5, 5.41) is 13.0. The van der Waals surface area contributed by atoms with Gasteiger partial charge in [-0.1, -0.05) is 44.2 Å². The Morgan fingerprint density at radius 3 is 1.97 bits per heavy atom. The molecule has 0 bridgehead atoms. The largest absolute Gasteiger partial charge is 0.481 e. The third-order valence-electron chi connectivity index (χ3n) is 5.17. The zero-order valence-corrected chi connectivity index (χ0v) is 21.2. The maximum Gasteiger partial charge on any atom is 0.408 e. The first kappa shape index (κ1) is 28.8. The van der Waals surface area contributed by atoms with Crippen molar-refractivity contribution in [2.75, 3.05) is 0 Å². The van der Waals surface area contributed by atoms with Gasteiger partial charge in [-0.2, -0.15) is 0 Å². The van der Waals surface area contributed by atoms with E-state index < -0.39 is 29.6 Å². The molecule has 0 aliphatic heterocycles. The Hall–Kier alpha value is -3.22. The monoisotopic (exact) mass is 471 g/mol. The van der Waals surface area contributed by atoms with Gasteiger partial charge in [0, 0.05) is 0 Å². The second kappa shape index (κ2) is 12.9. The topological polar surface area (TPSA) is 110 Å². The van der Waals surface area contributed by atoms with Crippen molar-refractivity contribution in [3.63, 3.8) is 0 Å². The number of hydrogen-bond acceptors (Lipinski definition) is 5. The van der Waals surface area contributed by atoms with E-state index in [1.807, 2.05) is 44.2 Å². The van der Waals surface area contributed by atoms with E-state index in [2.05, 4.69) is 5.32 Å². The lowest BCUT2D eigenvalue weighted by atomic mass is 9.78. The summed E-state index contributed by atoms with van der Waals surface area (Å²) >= 11 is 0. The van der Waals surface area contributed by atoms with E-state index in [0.29, 0.717) is 24.6 Å². The van der Waals surface area contributed by atoms with Crippen molar-refractivity contribution < 1.29 is 29.0 Å². The number of aldehydes is 2. The van der Waals surface area contributed by atoms with E-state index in [4.69, 9.17) is 4.74 Å². The van der Waals surface area contributed by atoms with Gasteiger partial charge in [0.05, 0.1) is 12.0 Å². The molecule has 0 fully saturated rings. The second-order valence-corrected chi connectivity index (χ2v) is 9.84. The number of rotatable bonds is 11. The van der Waals surface area contributed by atoms with E-state index >= 15 is 0 Å². The van der Waals surface area contributed by atoms with Crippen LogP contribution in [0.1, 0.15) is 60.5 Å². The van der Waals surface area contributed by atoms with E-state index in [0.717, 1.165) is 5.56 Å². The smallest absolute Gasteiger partial charge is 0.408 e. The van der Waals surface area contributed by atoms with Crippen LogP contribution in [0, 0.1) is 11.8 Å². The normalized spacial score (nSPS) is 14.9. The highest BCUT2D eigenvalue weighted by molar-refractivity contribution is 5.86. The highest BCUT2D eigenvalue weighted by Crippen LogP contribution is 2.33. The summed E-state index contributed by atoms with van der Waals surface area (Å²) in [5.41, 5.74) is 1.04. The standard InChI is InChI=1S/C27H37NO6/c1-17(2)13-22(28-26(33)34-27(5,6)7)24(19(4)16-30)23(18(3)15-29)21(25(31)32)14-20-11-9-8-10-12-20/h8-12,15-17,21-22H,13-14H2,1-7H3,(H,28,33)(H,31,32)/b23-18+,24-19+. The zero-order valence-electron chi connectivity index (χ0n) is 21.2. The number of ether oxygens (including phenoxy) is 1. The molecule has 0 aromatic heterocycles. The molecule has 0 saturated carbocycles. The van der Waals surface area contributed by atoms with E-state index in [-0.39, 0.29) is 29.1 Å². The first-order valence-electron chi connectivity index (χ1n) is 11.4. The molecule has 0 saturated heterocycles. The van der Waals surface area contributed by atoms with Crippen LogP contribution in [0.25, 0.3) is 0 Å². The van der Waals surface area contributed by atoms with Crippen molar-refractivity contribution in [1.29, 1.82) is 0 Å². The first-order chi connectivity index (χ1) is 15.8. The maximum atomic E-state index is 12.7. The molecule has 34 heavy (non-hydrogen) atoms. The third kappa shape index (κ3) is 8.96. The van der Waals surface area contributed by atoms with E-state index in [1.54, 1.807) is 27.7 Å². The average Bonchev–Trinajstić information content (AvgIpc) is 2.73. The molecule has 7 heteroatoms. The molecule has 2 atom stereocenters. The summed E-state index contributed by atoms with van der Waals surface area (Å²) in [6, 6.07) is 8.33. The number of carboxylic acids is 1. The Labute approximate surface area is 202 Å². The van der Waals surface area contributed by atoms with Gasteiger partial charge in [-0.3, -0.25) is 14.4 Å². The quantitative estimate of drug-likeness (QED) is 0.270. The molecule has 1 amide bonds. The SMILES string of the molecule is C/C(C=O)=C(\C(=C(/C)C=O)C(Cc1ccccc1)C(=O)O)C(CC(C)C)NC(=O)OC(C)(C)C. The highest BCUT2D eigenvalue weighted by Gasteiger charge is 2.33. The van der Waals surface area contributed by atoms with Gasteiger partial charge in [0.25, 0.3) is 0 Å². The molecule has 0 aliphatic rings. The van der Waals surface area contributed by atoms with Gasteiger partial charge < -0.3 is 15.2 Å². The number of hydrogen-bond donors (Lipinski definition) is 2. The number of allylic oxidation sites excluding steroid dienone is 2. The van der Waals surface area contributed by atoms with Crippen LogP contribution in [-0.4, -0.2) is 41.4 Å². The summed E-state index contributed by atoms with van der Waals surface area (Å²) in [7, 11) is 0. The van der Waals surface area contributed by atoms with Crippen LogP contribution in [0.5, 0.6) is 0 Å². The molecule has 1 rings (SSSR count). The fourth-order valence-corrected chi connectivity index (χ4v) is 3.81. The minimum atomic E-state index is -1.13. The summed E-state index contributed by atoms with van der Waals surface area (Å²) < 4.78 is 5.42. The second-order valence-electron chi connectivity index (χ2n) is 9.84. The first-order valence-corrected chi connectivity index (χ1v) is 11.4. The molecule has 186 valence electrons. The minimum Gasteiger partial charge on any atom is -0.481 e. The lowest BCUT2D eigenvalue weighted by Crippen LogP contribution is -2.42. The molecule has 2 unspecified atom stereocenters. The van der Waals surface area contributed by atoms with Crippen LogP contribution in [0.3, 0.4) is 0 Å². The maximum absolute atomic E-state index is 12.7. The molecule has 0 spiro atoms. The van der Waals surface area contributed by atoms with Crippen molar-refractivity contribution in [1.82, 2.24) is 5.32 Å². The molecule has 0 heterocycles. The Bertz CT molecular complexity index is 938. The Kier molecular flexibility index (Phi) is 10.9.